The lowest BCUT2D eigenvalue weighted by atomic mass is 9.94. The highest BCUT2D eigenvalue weighted by Gasteiger charge is 2.46. The van der Waals surface area contributed by atoms with Crippen molar-refractivity contribution in [2.75, 3.05) is 6.54 Å². The topological polar surface area (TPSA) is 58.4 Å². The molecule has 1 saturated carbocycles. The zero-order chi connectivity index (χ0) is 16.0. The van der Waals surface area contributed by atoms with Gasteiger partial charge in [-0.3, -0.25) is 9.69 Å². The van der Waals surface area contributed by atoms with E-state index < -0.39 is 5.54 Å². The van der Waals surface area contributed by atoms with Crippen LogP contribution in [0.1, 0.15) is 73.1 Å². The van der Waals surface area contributed by atoms with Crippen molar-refractivity contribution in [1.82, 2.24) is 10.2 Å². The molecule has 124 valence electrons. The molecule has 0 spiro atoms. The Hall–Kier alpha value is -0.610. The zero-order valence-electron chi connectivity index (χ0n) is 14.6. The van der Waals surface area contributed by atoms with Crippen LogP contribution in [0.15, 0.2) is 0 Å². The van der Waals surface area contributed by atoms with Gasteiger partial charge in [0.05, 0.1) is 5.54 Å². The number of unbranched alkanes of at least 4 members (excludes halogenated alkanes) is 1. The molecular formula is C17H35N3O. The van der Waals surface area contributed by atoms with Crippen LogP contribution in [0, 0.1) is 0 Å². The molecule has 1 aliphatic carbocycles. The molecule has 21 heavy (non-hydrogen) atoms. The van der Waals surface area contributed by atoms with E-state index in [1.54, 1.807) is 0 Å². The largest absolute Gasteiger partial charge is 0.368 e. The first-order chi connectivity index (χ1) is 9.86. The van der Waals surface area contributed by atoms with Gasteiger partial charge < -0.3 is 11.1 Å². The summed E-state index contributed by atoms with van der Waals surface area (Å²) in [6.45, 7) is 12.1. The quantitative estimate of drug-likeness (QED) is 0.688. The predicted molar refractivity (Wildman–Crippen MR) is 89.2 cm³/mol. The van der Waals surface area contributed by atoms with Gasteiger partial charge in [0.25, 0.3) is 0 Å². The maximum Gasteiger partial charge on any atom is 0.237 e. The standard InChI is InChI=1S/C17H35N3O/c1-6-8-11-20(14(5)7-2)15-9-10-17(12-15,16(18)21)19-13(3)4/h13-15,19H,6-12H2,1-5H3,(H2,18,21). The smallest absolute Gasteiger partial charge is 0.237 e. The molecule has 0 bridgehead atoms. The molecule has 3 N–H and O–H groups in total. The molecule has 1 fully saturated rings. The number of hydrogen-bond acceptors (Lipinski definition) is 3. The van der Waals surface area contributed by atoms with Crippen molar-refractivity contribution in [3.8, 4) is 0 Å². The second-order valence-corrected chi connectivity index (χ2v) is 6.99. The Morgan fingerprint density at radius 3 is 2.52 bits per heavy atom. The monoisotopic (exact) mass is 297 g/mol. The fraction of sp³-hybridized carbons (Fsp3) is 0.941. The SMILES string of the molecule is CCCCN(C(C)CC)C1CCC(NC(C)C)(C(N)=O)C1. The Kier molecular flexibility index (Phi) is 7.14. The number of nitrogens with one attached hydrogen (secondary N) is 1. The third kappa shape index (κ3) is 4.68. The van der Waals surface area contributed by atoms with Crippen molar-refractivity contribution in [2.45, 2.75) is 96.8 Å². The molecule has 0 heterocycles. The van der Waals surface area contributed by atoms with E-state index in [-0.39, 0.29) is 11.9 Å². The van der Waals surface area contributed by atoms with Gasteiger partial charge in [0.2, 0.25) is 5.91 Å². The fourth-order valence-corrected chi connectivity index (χ4v) is 3.62. The number of primary amides is 1. The lowest BCUT2D eigenvalue weighted by molar-refractivity contribution is -0.124. The Labute approximate surface area is 130 Å². The number of nitrogens with zero attached hydrogens (tertiary/aromatic N) is 1. The molecule has 4 nitrogen and oxygen atoms in total. The van der Waals surface area contributed by atoms with Crippen molar-refractivity contribution >= 4 is 5.91 Å². The van der Waals surface area contributed by atoms with Gasteiger partial charge in [0, 0.05) is 18.1 Å². The van der Waals surface area contributed by atoms with E-state index in [4.69, 9.17) is 5.73 Å². The number of carbonyl (C=O) groups is 1. The second kappa shape index (κ2) is 8.14. The average molecular weight is 297 g/mol. The summed E-state index contributed by atoms with van der Waals surface area (Å²) in [7, 11) is 0. The van der Waals surface area contributed by atoms with Crippen molar-refractivity contribution in [3.05, 3.63) is 0 Å². The van der Waals surface area contributed by atoms with Crippen LogP contribution in [0.2, 0.25) is 0 Å². The van der Waals surface area contributed by atoms with Crippen LogP contribution in [0.4, 0.5) is 0 Å². The van der Waals surface area contributed by atoms with Crippen molar-refractivity contribution < 1.29 is 4.79 Å². The molecule has 1 rings (SSSR count). The first-order valence-electron chi connectivity index (χ1n) is 8.69. The Bertz CT molecular complexity index is 332. The van der Waals surface area contributed by atoms with E-state index in [9.17, 15) is 4.79 Å². The Morgan fingerprint density at radius 2 is 2.05 bits per heavy atom. The summed E-state index contributed by atoms with van der Waals surface area (Å²) >= 11 is 0. The highest BCUT2D eigenvalue weighted by molar-refractivity contribution is 5.85. The van der Waals surface area contributed by atoms with Crippen molar-refractivity contribution in [2.24, 2.45) is 5.73 Å². The Morgan fingerprint density at radius 1 is 1.38 bits per heavy atom. The maximum absolute atomic E-state index is 12.0. The van der Waals surface area contributed by atoms with E-state index in [0.717, 1.165) is 32.2 Å². The number of nitrogens with two attached hydrogens (primary N) is 1. The number of rotatable bonds is 9. The zero-order valence-corrected chi connectivity index (χ0v) is 14.6. The predicted octanol–water partition coefficient (Wildman–Crippen LogP) is 2.66. The van der Waals surface area contributed by atoms with Gasteiger partial charge in [0.1, 0.15) is 0 Å². The summed E-state index contributed by atoms with van der Waals surface area (Å²) in [5.41, 5.74) is 5.23. The summed E-state index contributed by atoms with van der Waals surface area (Å²) < 4.78 is 0. The number of carbonyl (C=O) groups excluding carboxylic acids is 1. The van der Waals surface area contributed by atoms with E-state index in [1.807, 2.05) is 0 Å². The molecule has 0 aromatic rings. The van der Waals surface area contributed by atoms with Gasteiger partial charge in [-0.05, 0) is 59.4 Å². The molecular weight excluding hydrogens is 262 g/mol. The van der Waals surface area contributed by atoms with Crippen LogP contribution in [-0.4, -0.2) is 41.0 Å². The summed E-state index contributed by atoms with van der Waals surface area (Å²) in [4.78, 5) is 14.6. The summed E-state index contributed by atoms with van der Waals surface area (Å²) in [6.07, 6.45) is 6.38. The molecule has 3 unspecified atom stereocenters. The highest BCUT2D eigenvalue weighted by Crippen LogP contribution is 2.35. The van der Waals surface area contributed by atoms with Gasteiger partial charge in [0.15, 0.2) is 0 Å². The first kappa shape index (κ1) is 18.4. The molecule has 1 aliphatic rings. The summed E-state index contributed by atoms with van der Waals surface area (Å²) in [5.74, 6) is -0.182. The minimum Gasteiger partial charge on any atom is -0.368 e. The summed E-state index contributed by atoms with van der Waals surface area (Å²) in [6, 6.07) is 1.33. The lowest BCUT2D eigenvalue weighted by Gasteiger charge is -2.36. The molecule has 0 aliphatic heterocycles. The normalized spacial score (nSPS) is 27.5. The van der Waals surface area contributed by atoms with Crippen LogP contribution >= 0.6 is 0 Å². The minimum absolute atomic E-state index is 0.182. The number of amides is 1. The van der Waals surface area contributed by atoms with E-state index >= 15 is 0 Å². The Balaban J connectivity index is 2.81. The third-order valence-electron chi connectivity index (χ3n) is 4.92. The van der Waals surface area contributed by atoms with Crippen molar-refractivity contribution in [1.29, 1.82) is 0 Å². The van der Waals surface area contributed by atoms with Gasteiger partial charge in [-0.15, -0.1) is 0 Å². The molecule has 3 atom stereocenters. The van der Waals surface area contributed by atoms with Gasteiger partial charge in [-0.25, -0.2) is 0 Å². The van der Waals surface area contributed by atoms with Crippen LogP contribution in [0.3, 0.4) is 0 Å². The third-order valence-corrected chi connectivity index (χ3v) is 4.92. The molecule has 1 amide bonds. The minimum atomic E-state index is -0.503. The molecule has 0 aromatic carbocycles. The van der Waals surface area contributed by atoms with Crippen molar-refractivity contribution in [3.63, 3.8) is 0 Å². The van der Waals surface area contributed by atoms with Crippen LogP contribution in [0.25, 0.3) is 0 Å². The highest BCUT2D eigenvalue weighted by atomic mass is 16.1. The maximum atomic E-state index is 12.0. The van der Waals surface area contributed by atoms with Gasteiger partial charge in [-0.1, -0.05) is 20.3 Å². The van der Waals surface area contributed by atoms with Crippen LogP contribution < -0.4 is 11.1 Å². The molecule has 0 aromatic heterocycles. The summed E-state index contributed by atoms with van der Waals surface area (Å²) in [5, 5.41) is 3.45. The first-order valence-corrected chi connectivity index (χ1v) is 8.69. The lowest BCUT2D eigenvalue weighted by Crippen LogP contribution is -2.57. The van der Waals surface area contributed by atoms with E-state index in [2.05, 4.69) is 44.8 Å². The average Bonchev–Trinajstić information content (AvgIpc) is 2.83. The van der Waals surface area contributed by atoms with Crippen LogP contribution in [-0.2, 0) is 4.79 Å². The second-order valence-electron chi connectivity index (χ2n) is 6.99. The van der Waals surface area contributed by atoms with Gasteiger partial charge in [-0.2, -0.15) is 0 Å². The number of hydrogen-bond donors (Lipinski definition) is 2. The van der Waals surface area contributed by atoms with E-state index in [1.165, 1.54) is 12.8 Å². The molecule has 0 radical (unpaired) electrons. The fourth-order valence-electron chi connectivity index (χ4n) is 3.62. The van der Waals surface area contributed by atoms with E-state index in [0.29, 0.717) is 12.1 Å². The molecule has 0 saturated heterocycles. The van der Waals surface area contributed by atoms with Crippen LogP contribution in [0.5, 0.6) is 0 Å². The van der Waals surface area contributed by atoms with Gasteiger partial charge >= 0.3 is 0 Å². The molecule has 4 heteroatoms.